The molecule has 3 aromatic rings. The molecule has 2 aliphatic heterocycles. The molecule has 3 heterocycles. The Bertz CT molecular complexity index is 2190. The van der Waals surface area contributed by atoms with Crippen molar-refractivity contribution in [3.63, 3.8) is 0 Å². The van der Waals surface area contributed by atoms with Gasteiger partial charge in [-0.05, 0) is 43.2 Å². The van der Waals surface area contributed by atoms with E-state index in [4.69, 9.17) is 14.5 Å². The summed E-state index contributed by atoms with van der Waals surface area (Å²) in [5.74, 6) is -1.58. The van der Waals surface area contributed by atoms with Gasteiger partial charge in [0.1, 0.15) is 35.2 Å². The molecule has 4 N–H and O–H groups in total. The Morgan fingerprint density at radius 3 is 2.53 bits per heavy atom. The highest BCUT2D eigenvalue weighted by molar-refractivity contribution is 7.88. The number of amides is 4. The number of aromatic nitrogens is 1. The molecule has 1 unspecified atom stereocenters. The number of pyridine rings is 1. The number of carbonyl (C=O) groups excluding carboxylic acids is 3. The summed E-state index contributed by atoms with van der Waals surface area (Å²) in [4.78, 5) is 61.7. The molecular weight excluding hydrogens is 777 g/mol. The van der Waals surface area contributed by atoms with Gasteiger partial charge in [-0.3, -0.25) is 9.59 Å². The van der Waals surface area contributed by atoms with E-state index < -0.39 is 69.0 Å². The van der Waals surface area contributed by atoms with E-state index in [0.717, 1.165) is 24.7 Å². The van der Waals surface area contributed by atoms with Crippen LogP contribution in [0.2, 0.25) is 0 Å². The van der Waals surface area contributed by atoms with Gasteiger partial charge in [-0.1, -0.05) is 76.1 Å². The first-order valence-electron chi connectivity index (χ1n) is 20.1. The minimum atomic E-state index is -3.55. The van der Waals surface area contributed by atoms with Gasteiger partial charge in [0.05, 0.1) is 31.1 Å². The van der Waals surface area contributed by atoms with E-state index in [1.807, 2.05) is 75.4 Å². The number of carboxylic acids is 1. The molecular formula is C43H56N6O9S. The van der Waals surface area contributed by atoms with Crippen LogP contribution in [0.15, 0.2) is 66.7 Å². The average molecular weight is 833 g/mol. The summed E-state index contributed by atoms with van der Waals surface area (Å²) in [5.41, 5.74) is 0.0645. The van der Waals surface area contributed by atoms with Crippen molar-refractivity contribution in [2.45, 2.75) is 95.5 Å². The van der Waals surface area contributed by atoms with Crippen molar-refractivity contribution in [1.82, 2.24) is 30.1 Å². The van der Waals surface area contributed by atoms with Crippen LogP contribution in [0.5, 0.6) is 11.5 Å². The molecule has 318 valence electrons. The third-order valence-electron chi connectivity index (χ3n) is 11.6. The van der Waals surface area contributed by atoms with Crippen LogP contribution < -0.4 is 25.4 Å². The zero-order valence-corrected chi connectivity index (χ0v) is 35.4. The second-order valence-electron chi connectivity index (χ2n) is 17.0. The number of carbonyl (C=O) groups is 4. The number of ether oxygens (including phenoxy) is 2. The third-order valence-corrected chi connectivity index (χ3v) is 12.9. The first kappa shape index (κ1) is 43.4. The molecule has 0 spiro atoms. The van der Waals surface area contributed by atoms with E-state index >= 15 is 0 Å². The highest BCUT2D eigenvalue weighted by atomic mass is 32.2. The van der Waals surface area contributed by atoms with Crippen LogP contribution in [-0.4, -0.2) is 115 Å². The number of likely N-dealkylation sites (N-methyl/N-ethyl adjacent to an activating group) is 1. The first-order valence-corrected chi connectivity index (χ1v) is 22.0. The summed E-state index contributed by atoms with van der Waals surface area (Å²) in [6.07, 6.45) is 7.56. The molecule has 6 rings (SSSR count). The summed E-state index contributed by atoms with van der Waals surface area (Å²) in [5, 5.41) is 19.6. The molecule has 16 heteroatoms. The molecule has 0 bridgehead atoms. The monoisotopic (exact) mass is 832 g/mol. The fraction of sp³-hybridized carbons (Fsp3) is 0.512. The number of methoxy groups -OCH3 is 1. The Hall–Kier alpha value is -5.22. The molecule has 2 aromatic carbocycles. The number of aliphatic carboxylic acids is 1. The van der Waals surface area contributed by atoms with Gasteiger partial charge in [0.2, 0.25) is 21.8 Å². The van der Waals surface area contributed by atoms with Crippen LogP contribution in [-0.2, 0) is 24.4 Å². The van der Waals surface area contributed by atoms with Gasteiger partial charge >= 0.3 is 12.0 Å². The number of allylic oxidation sites excluding steroid dienone is 1. The molecule has 59 heavy (non-hydrogen) atoms. The maximum atomic E-state index is 14.8. The molecule has 1 aliphatic carbocycles. The maximum absolute atomic E-state index is 14.8. The van der Waals surface area contributed by atoms with Crippen LogP contribution in [0.25, 0.3) is 22.2 Å². The lowest BCUT2D eigenvalue weighted by Crippen LogP contribution is -2.59. The largest absolute Gasteiger partial charge is 0.497 e. The van der Waals surface area contributed by atoms with E-state index in [9.17, 15) is 32.7 Å². The van der Waals surface area contributed by atoms with Gasteiger partial charge in [-0.2, -0.15) is 0 Å². The van der Waals surface area contributed by atoms with Crippen LogP contribution in [0, 0.1) is 11.3 Å². The van der Waals surface area contributed by atoms with Crippen molar-refractivity contribution in [2.24, 2.45) is 11.3 Å². The topological polar surface area (TPSA) is 197 Å². The molecule has 1 saturated carbocycles. The highest BCUT2D eigenvalue weighted by Crippen LogP contribution is 2.45. The summed E-state index contributed by atoms with van der Waals surface area (Å²) >= 11 is 0. The quantitative estimate of drug-likeness (QED) is 0.208. The number of fused-ring (bicyclic) bond motifs is 3. The predicted octanol–water partition coefficient (Wildman–Crippen LogP) is 4.71. The Labute approximate surface area is 345 Å². The van der Waals surface area contributed by atoms with E-state index in [2.05, 4.69) is 16.0 Å². The van der Waals surface area contributed by atoms with Gasteiger partial charge in [0.15, 0.2) is 0 Å². The van der Waals surface area contributed by atoms with E-state index in [-0.39, 0.29) is 38.3 Å². The third kappa shape index (κ3) is 10.2. The summed E-state index contributed by atoms with van der Waals surface area (Å²) in [7, 11) is -0.535. The minimum Gasteiger partial charge on any atom is -0.497 e. The van der Waals surface area contributed by atoms with Gasteiger partial charge < -0.3 is 35.4 Å². The molecule has 6 atom stereocenters. The minimum absolute atomic E-state index is 0.00402. The Balaban J connectivity index is 1.32. The normalized spacial score (nSPS) is 24.6. The second kappa shape index (κ2) is 17.6. The standard InChI is InChI=1S/C43H56N6O9S/c1-42(2,3)37(26-48(4)59(6,55)56)46-41(54)45-32-18-14-9-7-8-13-17-28-24-43(28,40(52)53)47-38(50)35-22-30(25-49(35)39(32)51)58-36-23-33(27-15-11-10-12-16-27)44-34-21-29(57-5)19-20-31(34)36/h10-13,15-17,19-21,23,28,30,32,35,37H,7-9,14,18,22,24-26H2,1-6H3,(H,47,50)(H,52,53)(H2,45,46,54)/t28?,30-,32+,35+,37-,43-/m1/s1. The van der Waals surface area contributed by atoms with E-state index in [0.29, 0.717) is 40.9 Å². The Morgan fingerprint density at radius 2 is 1.85 bits per heavy atom. The van der Waals surface area contributed by atoms with Crippen molar-refractivity contribution in [1.29, 1.82) is 0 Å². The lowest BCUT2D eigenvalue weighted by molar-refractivity contribution is -0.145. The fourth-order valence-electron chi connectivity index (χ4n) is 7.77. The van der Waals surface area contributed by atoms with Crippen molar-refractivity contribution in [3.8, 4) is 22.8 Å². The number of carboxylic acid groups (broad SMARTS) is 1. The number of nitrogens with zero attached hydrogens (tertiary/aromatic N) is 3. The number of urea groups is 1. The molecule has 2 fully saturated rings. The summed E-state index contributed by atoms with van der Waals surface area (Å²) in [6, 6.07) is 13.4. The molecule has 1 aromatic heterocycles. The summed E-state index contributed by atoms with van der Waals surface area (Å²) < 4.78 is 37.9. The lowest BCUT2D eigenvalue weighted by atomic mass is 9.87. The maximum Gasteiger partial charge on any atom is 0.330 e. The van der Waals surface area contributed by atoms with Crippen LogP contribution in [0.3, 0.4) is 0 Å². The fourth-order valence-corrected chi connectivity index (χ4v) is 8.19. The number of nitrogens with one attached hydrogen (secondary N) is 3. The van der Waals surface area contributed by atoms with Gasteiger partial charge in [0, 0.05) is 55.1 Å². The van der Waals surface area contributed by atoms with Gasteiger partial charge in [-0.15, -0.1) is 0 Å². The zero-order valence-electron chi connectivity index (χ0n) is 34.6. The van der Waals surface area contributed by atoms with Crippen molar-refractivity contribution in [3.05, 3.63) is 66.7 Å². The van der Waals surface area contributed by atoms with Gasteiger partial charge in [0.25, 0.3) is 0 Å². The number of sulfonamides is 1. The SMILES string of the molecule is COc1ccc2c(O[C@@H]3C[C@H]4C(=O)N[C@]5(C(=O)O)CC5C=CCCCCC[C@H](NC(=O)N[C@H](CN(C)S(C)(=O)=O)C(C)(C)C)C(=O)N4C3)cc(-c3ccccc3)nc2c1. The van der Waals surface area contributed by atoms with Crippen LogP contribution >= 0.6 is 0 Å². The smallest absolute Gasteiger partial charge is 0.330 e. The van der Waals surface area contributed by atoms with E-state index in [1.54, 1.807) is 19.2 Å². The molecule has 0 radical (unpaired) electrons. The van der Waals surface area contributed by atoms with Crippen LogP contribution in [0.1, 0.15) is 65.7 Å². The number of benzene rings is 2. The average Bonchev–Trinajstić information content (AvgIpc) is 3.72. The molecule has 3 aliphatic rings. The second-order valence-corrected chi connectivity index (χ2v) is 19.1. The molecule has 15 nitrogen and oxygen atoms in total. The number of hydrogen-bond acceptors (Lipinski definition) is 9. The first-order chi connectivity index (χ1) is 27.9. The van der Waals surface area contributed by atoms with E-state index in [1.165, 1.54) is 16.3 Å². The van der Waals surface area contributed by atoms with Gasteiger partial charge in [-0.25, -0.2) is 27.3 Å². The number of rotatable bonds is 10. The molecule has 4 amide bonds. The summed E-state index contributed by atoms with van der Waals surface area (Å²) in [6.45, 7) is 5.62. The zero-order chi connectivity index (χ0) is 42.7. The van der Waals surface area contributed by atoms with Crippen molar-refractivity contribution < 1.29 is 42.2 Å². The van der Waals surface area contributed by atoms with Crippen LogP contribution in [0.4, 0.5) is 4.79 Å². The Kier molecular flexibility index (Phi) is 12.9. The van der Waals surface area contributed by atoms with Crippen molar-refractivity contribution in [2.75, 3.05) is 33.5 Å². The molecule has 1 saturated heterocycles. The Morgan fingerprint density at radius 1 is 1.10 bits per heavy atom. The lowest BCUT2D eigenvalue weighted by Gasteiger charge is -2.35. The highest BCUT2D eigenvalue weighted by Gasteiger charge is 2.61. The number of hydrogen-bond donors (Lipinski definition) is 4. The predicted molar refractivity (Wildman–Crippen MR) is 223 cm³/mol. The van der Waals surface area contributed by atoms with Crippen molar-refractivity contribution >= 4 is 44.7 Å².